The Morgan fingerprint density at radius 1 is 1.45 bits per heavy atom. The third kappa shape index (κ3) is 1.33. The summed E-state index contributed by atoms with van der Waals surface area (Å²) in [5.41, 5.74) is -0.930. The van der Waals surface area contributed by atoms with Crippen LogP contribution in [0.25, 0.3) is 0 Å². The van der Waals surface area contributed by atoms with E-state index in [4.69, 9.17) is 0 Å². The number of ketones is 1. The Morgan fingerprint density at radius 2 is 1.91 bits per heavy atom. The quantitative estimate of drug-likeness (QED) is 0.407. The maximum absolute atomic E-state index is 10.8. The number of carbonyl (C=O) groups is 2. The molecule has 0 unspecified atom stereocenters. The first kappa shape index (κ1) is 8.39. The highest BCUT2D eigenvalue weighted by atomic mass is 32.2. The number of hydrogen-bond acceptors (Lipinski definition) is 4. The fourth-order valence-electron chi connectivity index (χ4n) is 1.21. The number of rotatable bonds is 2. The summed E-state index contributed by atoms with van der Waals surface area (Å²) in [6.45, 7) is 1.49. The van der Waals surface area contributed by atoms with Crippen LogP contribution in [0.1, 0.15) is 6.92 Å². The number of aldehydes is 1. The lowest BCUT2D eigenvalue weighted by Crippen LogP contribution is -2.52. The van der Waals surface area contributed by atoms with Crippen molar-refractivity contribution in [3.05, 3.63) is 0 Å². The first-order valence-electron chi connectivity index (χ1n) is 3.10. The molecule has 11 heavy (non-hydrogen) atoms. The second kappa shape index (κ2) is 2.14. The van der Waals surface area contributed by atoms with E-state index in [1.165, 1.54) is 6.92 Å². The van der Waals surface area contributed by atoms with Gasteiger partial charge in [-0.3, -0.25) is 9.59 Å². The van der Waals surface area contributed by atoms with Crippen molar-refractivity contribution in [2.24, 2.45) is 5.41 Å². The summed E-state index contributed by atoms with van der Waals surface area (Å²) in [5, 5.41) is 0. The molecule has 0 amide bonds. The predicted molar refractivity (Wildman–Crippen MR) is 37.8 cm³/mol. The predicted octanol–water partition coefficient (Wildman–Crippen LogP) is -0.811. The lowest BCUT2D eigenvalue weighted by Gasteiger charge is -2.33. The van der Waals surface area contributed by atoms with Crippen LogP contribution in [0.4, 0.5) is 0 Å². The SMILES string of the molecule is CC1(C(=O)C=O)CS(=O)(=O)C1. The van der Waals surface area contributed by atoms with E-state index < -0.39 is 21.0 Å². The molecule has 5 heteroatoms. The van der Waals surface area contributed by atoms with E-state index in [1.807, 2.05) is 0 Å². The third-order valence-electron chi connectivity index (χ3n) is 1.78. The van der Waals surface area contributed by atoms with Crippen molar-refractivity contribution in [3.8, 4) is 0 Å². The molecule has 0 atom stereocenters. The molecular weight excluding hydrogens is 168 g/mol. The number of carbonyl (C=O) groups excluding carboxylic acids is 2. The van der Waals surface area contributed by atoms with Gasteiger partial charge in [0, 0.05) is 0 Å². The normalized spacial score (nSPS) is 25.2. The number of sulfone groups is 1. The Balaban J connectivity index is 2.78. The summed E-state index contributed by atoms with van der Waals surface area (Å²) in [5.74, 6) is -0.984. The van der Waals surface area contributed by atoms with Crippen LogP contribution in [0.5, 0.6) is 0 Å². The maximum Gasteiger partial charge on any atom is 0.203 e. The third-order valence-corrected chi connectivity index (χ3v) is 3.93. The molecule has 0 aromatic carbocycles. The van der Waals surface area contributed by atoms with Gasteiger partial charge >= 0.3 is 0 Å². The zero-order chi connectivity index (χ0) is 8.70. The second-order valence-electron chi connectivity index (χ2n) is 3.08. The molecule has 0 bridgehead atoms. The lowest BCUT2D eigenvalue weighted by molar-refractivity contribution is -0.135. The Bertz CT molecular complexity index is 289. The lowest BCUT2D eigenvalue weighted by atomic mass is 9.90. The molecule has 1 saturated heterocycles. The molecule has 0 aromatic heterocycles. The minimum Gasteiger partial charge on any atom is -0.295 e. The van der Waals surface area contributed by atoms with Gasteiger partial charge in [0.25, 0.3) is 0 Å². The molecule has 1 aliphatic rings. The van der Waals surface area contributed by atoms with Gasteiger partial charge in [-0.25, -0.2) is 8.42 Å². The van der Waals surface area contributed by atoms with E-state index in [1.54, 1.807) is 0 Å². The molecule has 62 valence electrons. The van der Waals surface area contributed by atoms with E-state index in [2.05, 4.69) is 0 Å². The molecule has 1 rings (SSSR count). The van der Waals surface area contributed by atoms with Gasteiger partial charge in [-0.2, -0.15) is 0 Å². The largest absolute Gasteiger partial charge is 0.295 e. The summed E-state index contributed by atoms with van der Waals surface area (Å²) >= 11 is 0. The van der Waals surface area contributed by atoms with Gasteiger partial charge in [-0.1, -0.05) is 6.92 Å². The van der Waals surface area contributed by atoms with Crippen LogP contribution in [0.15, 0.2) is 0 Å². The van der Waals surface area contributed by atoms with Crippen LogP contribution in [-0.4, -0.2) is 32.0 Å². The van der Waals surface area contributed by atoms with Gasteiger partial charge in [0.1, 0.15) is 0 Å². The summed E-state index contributed by atoms with van der Waals surface area (Å²) in [6, 6.07) is 0. The highest BCUT2D eigenvalue weighted by Gasteiger charge is 2.49. The minimum absolute atomic E-state index is 0.183. The highest BCUT2D eigenvalue weighted by molar-refractivity contribution is 7.93. The van der Waals surface area contributed by atoms with Crippen molar-refractivity contribution in [3.63, 3.8) is 0 Å². The van der Waals surface area contributed by atoms with Gasteiger partial charge in [0.15, 0.2) is 16.1 Å². The van der Waals surface area contributed by atoms with Crippen LogP contribution >= 0.6 is 0 Å². The van der Waals surface area contributed by atoms with Crippen molar-refractivity contribution in [2.45, 2.75) is 6.92 Å². The van der Waals surface area contributed by atoms with Crippen LogP contribution in [-0.2, 0) is 19.4 Å². The van der Waals surface area contributed by atoms with E-state index in [0.29, 0.717) is 0 Å². The van der Waals surface area contributed by atoms with E-state index in [9.17, 15) is 18.0 Å². The molecule has 0 aromatic rings. The average Bonchev–Trinajstić information content (AvgIpc) is 1.81. The van der Waals surface area contributed by atoms with Gasteiger partial charge in [0.05, 0.1) is 16.9 Å². The van der Waals surface area contributed by atoms with E-state index in [-0.39, 0.29) is 17.8 Å². The number of Topliss-reactive ketones (excluding diaryl/α,β-unsaturated/α-hetero) is 1. The molecule has 0 radical (unpaired) electrons. The van der Waals surface area contributed by atoms with Gasteiger partial charge in [-0.15, -0.1) is 0 Å². The zero-order valence-electron chi connectivity index (χ0n) is 6.03. The molecule has 0 N–H and O–H groups in total. The fourth-order valence-corrected chi connectivity index (χ4v) is 3.35. The molecule has 1 heterocycles. The first-order valence-corrected chi connectivity index (χ1v) is 4.92. The van der Waals surface area contributed by atoms with Crippen LogP contribution in [0, 0.1) is 5.41 Å². The topological polar surface area (TPSA) is 68.3 Å². The zero-order valence-corrected chi connectivity index (χ0v) is 6.85. The summed E-state index contributed by atoms with van der Waals surface area (Å²) in [4.78, 5) is 20.8. The minimum atomic E-state index is -3.02. The van der Waals surface area contributed by atoms with Crippen LogP contribution in [0.2, 0.25) is 0 Å². The first-order chi connectivity index (χ1) is 4.90. The smallest absolute Gasteiger partial charge is 0.203 e. The number of hydrogen-bond donors (Lipinski definition) is 0. The summed E-state index contributed by atoms with van der Waals surface area (Å²) in [7, 11) is -3.02. The van der Waals surface area contributed by atoms with Gasteiger partial charge in [0.2, 0.25) is 5.78 Å². The summed E-state index contributed by atoms with van der Waals surface area (Å²) in [6.07, 6.45) is 0.189. The highest BCUT2D eigenvalue weighted by Crippen LogP contribution is 2.32. The molecular formula is C6H8O4S. The average molecular weight is 176 g/mol. The monoisotopic (exact) mass is 176 g/mol. The Morgan fingerprint density at radius 3 is 2.18 bits per heavy atom. The van der Waals surface area contributed by atoms with E-state index in [0.717, 1.165) is 0 Å². The van der Waals surface area contributed by atoms with Crippen molar-refractivity contribution in [2.75, 3.05) is 11.5 Å². The van der Waals surface area contributed by atoms with Crippen LogP contribution in [0.3, 0.4) is 0 Å². The van der Waals surface area contributed by atoms with E-state index >= 15 is 0 Å². The Hall–Kier alpha value is -0.710. The van der Waals surface area contributed by atoms with Crippen molar-refractivity contribution >= 4 is 21.9 Å². The van der Waals surface area contributed by atoms with Gasteiger partial charge < -0.3 is 0 Å². The standard InChI is InChI=1S/C6H8O4S/c1-6(5(8)2-7)3-11(9,10)4-6/h2H,3-4H2,1H3. The maximum atomic E-state index is 10.8. The van der Waals surface area contributed by atoms with Gasteiger partial charge in [-0.05, 0) is 0 Å². The molecule has 1 fully saturated rings. The van der Waals surface area contributed by atoms with Crippen molar-refractivity contribution < 1.29 is 18.0 Å². The second-order valence-corrected chi connectivity index (χ2v) is 5.14. The fraction of sp³-hybridized carbons (Fsp3) is 0.667. The molecule has 1 aliphatic heterocycles. The molecule has 0 saturated carbocycles. The van der Waals surface area contributed by atoms with Crippen molar-refractivity contribution in [1.29, 1.82) is 0 Å². The molecule has 4 nitrogen and oxygen atoms in total. The molecule has 0 spiro atoms. The Labute approximate surface area is 64.5 Å². The molecule has 0 aliphatic carbocycles. The van der Waals surface area contributed by atoms with Crippen molar-refractivity contribution in [1.82, 2.24) is 0 Å². The Kier molecular flexibility index (Phi) is 1.63. The summed E-state index contributed by atoms with van der Waals surface area (Å²) < 4.78 is 21.3. The van der Waals surface area contributed by atoms with Crippen LogP contribution < -0.4 is 0 Å².